The van der Waals surface area contributed by atoms with Crippen molar-refractivity contribution in [1.82, 2.24) is 14.5 Å². The van der Waals surface area contributed by atoms with Crippen LogP contribution < -0.4 is 15.7 Å². The Bertz CT molecular complexity index is 1060. The lowest BCUT2D eigenvalue weighted by atomic mass is 9.88. The number of carboxylic acid groups (broad SMARTS) is 1. The van der Waals surface area contributed by atoms with Crippen LogP contribution in [0, 0.1) is 11.3 Å². The molecule has 1 aliphatic rings. The average Bonchev–Trinajstić information content (AvgIpc) is 3.44. The predicted octanol–water partition coefficient (Wildman–Crippen LogP) is 3.16. The van der Waals surface area contributed by atoms with E-state index in [0.717, 1.165) is 38.2 Å². The van der Waals surface area contributed by atoms with Gasteiger partial charge in [-0.3, -0.25) is 9.59 Å². The van der Waals surface area contributed by atoms with Crippen LogP contribution in [0.3, 0.4) is 0 Å². The lowest BCUT2D eigenvalue weighted by Gasteiger charge is -2.24. The normalized spacial score (nSPS) is 15.6. The number of aliphatic carboxylic acids is 1. The summed E-state index contributed by atoms with van der Waals surface area (Å²) < 4.78 is 40.3. The van der Waals surface area contributed by atoms with E-state index >= 15 is 0 Å². The summed E-state index contributed by atoms with van der Waals surface area (Å²) in [5.74, 6) is -2.06. The van der Waals surface area contributed by atoms with Gasteiger partial charge in [0.1, 0.15) is 11.9 Å². The predicted molar refractivity (Wildman–Crippen MR) is 118 cm³/mol. The fraction of sp³-hybridized carbons (Fsp3) is 0.522. The number of carboxylic acids is 1. The Labute approximate surface area is 200 Å². The van der Waals surface area contributed by atoms with Crippen LogP contribution in [0.1, 0.15) is 64.1 Å². The number of rotatable bonds is 9. The molecule has 0 radical (unpaired) electrons. The van der Waals surface area contributed by atoms with Crippen LogP contribution in [-0.2, 0) is 20.6 Å². The van der Waals surface area contributed by atoms with Crippen LogP contribution >= 0.6 is 0 Å². The molecule has 3 rings (SSSR count). The van der Waals surface area contributed by atoms with Gasteiger partial charge < -0.3 is 25.1 Å². The van der Waals surface area contributed by atoms with Crippen LogP contribution in [0.4, 0.5) is 24.7 Å². The molecule has 1 aliphatic carbocycles. The van der Waals surface area contributed by atoms with Crippen molar-refractivity contribution in [2.24, 2.45) is 11.3 Å². The average molecular weight is 494 g/mol. The number of amides is 2. The molecule has 0 aromatic carbocycles. The van der Waals surface area contributed by atoms with Crippen LogP contribution in [0.5, 0.6) is 0 Å². The van der Waals surface area contributed by atoms with Gasteiger partial charge >= 0.3 is 6.18 Å². The highest BCUT2D eigenvalue weighted by Gasteiger charge is 2.35. The van der Waals surface area contributed by atoms with E-state index < -0.39 is 47.5 Å². The molecule has 12 heteroatoms. The highest BCUT2D eigenvalue weighted by molar-refractivity contribution is 5.97. The lowest BCUT2D eigenvalue weighted by molar-refractivity contribution is -0.307. The van der Waals surface area contributed by atoms with Crippen molar-refractivity contribution in [3.63, 3.8) is 0 Å². The Morgan fingerprint density at radius 3 is 2.37 bits per heavy atom. The maximum absolute atomic E-state index is 13.0. The molecule has 9 nitrogen and oxygen atoms in total. The summed E-state index contributed by atoms with van der Waals surface area (Å²) in [6.07, 6.45) is 2.29. The number of anilines is 2. The Morgan fingerprint density at radius 2 is 1.83 bits per heavy atom. The third kappa shape index (κ3) is 7.03. The molecule has 0 saturated heterocycles. The minimum atomic E-state index is -4.61. The fourth-order valence-corrected chi connectivity index (χ4v) is 4.07. The smallest absolute Gasteiger partial charge is 0.434 e. The number of carbonyl (C=O) groups excluding carboxylic acids is 3. The maximum Gasteiger partial charge on any atom is 0.434 e. The Hall–Kier alpha value is -3.44. The third-order valence-electron chi connectivity index (χ3n) is 6.06. The van der Waals surface area contributed by atoms with Gasteiger partial charge in [0.15, 0.2) is 5.69 Å². The monoisotopic (exact) mass is 494 g/mol. The molecule has 190 valence electrons. The molecule has 2 aromatic heterocycles. The molecule has 0 spiro atoms. The third-order valence-corrected chi connectivity index (χ3v) is 6.06. The van der Waals surface area contributed by atoms with E-state index in [2.05, 4.69) is 20.6 Å². The van der Waals surface area contributed by atoms with Gasteiger partial charge in [-0.25, -0.2) is 9.97 Å². The molecule has 0 aliphatic heterocycles. The molecule has 1 atom stereocenters. The first-order valence-electron chi connectivity index (χ1n) is 11.2. The standard InChI is InChI=1S/C23H28F3N5O4/c1-22(2,10-19(32)33)21(35)29-15-7-8-18(27-11-15)30-20(34)16(9-14-5-3-4-6-14)31-12-17(28-13-31)23(24,25)26/h7-8,11-14,16H,3-6,9-10H2,1-2H3,(H,29,35)(H,32,33)(H,27,30,34)/p-1/t16-/m0/s1. The number of halogens is 3. The van der Waals surface area contributed by atoms with E-state index in [0.29, 0.717) is 6.42 Å². The molecule has 0 bridgehead atoms. The highest BCUT2D eigenvalue weighted by Crippen LogP contribution is 2.34. The summed E-state index contributed by atoms with van der Waals surface area (Å²) in [7, 11) is 0. The highest BCUT2D eigenvalue weighted by atomic mass is 19.4. The molecule has 2 amide bonds. The van der Waals surface area contributed by atoms with E-state index in [1.165, 1.54) is 36.7 Å². The second kappa shape index (κ2) is 10.4. The number of imidazole rings is 1. The summed E-state index contributed by atoms with van der Waals surface area (Å²) in [6.45, 7) is 2.93. The van der Waals surface area contributed by atoms with Crippen molar-refractivity contribution >= 4 is 29.3 Å². The molecular formula is C23H27F3N5O4-. The number of alkyl halides is 3. The largest absolute Gasteiger partial charge is 0.550 e. The Morgan fingerprint density at radius 1 is 1.14 bits per heavy atom. The fourth-order valence-electron chi connectivity index (χ4n) is 4.07. The SMILES string of the molecule is CC(C)(CC(=O)[O-])C(=O)Nc1ccc(NC(=O)[C@H](CC2CCCC2)n2cnc(C(F)(F)F)c2)nc1. The van der Waals surface area contributed by atoms with Gasteiger partial charge in [-0.2, -0.15) is 13.2 Å². The minimum Gasteiger partial charge on any atom is -0.550 e. The lowest BCUT2D eigenvalue weighted by Crippen LogP contribution is -2.37. The van der Waals surface area contributed by atoms with Gasteiger partial charge in [-0.1, -0.05) is 39.5 Å². The minimum absolute atomic E-state index is 0.148. The summed E-state index contributed by atoms with van der Waals surface area (Å²) in [5.41, 5.74) is -1.99. The van der Waals surface area contributed by atoms with Crippen molar-refractivity contribution in [1.29, 1.82) is 0 Å². The van der Waals surface area contributed by atoms with Crippen molar-refractivity contribution in [3.05, 3.63) is 36.5 Å². The molecule has 1 fully saturated rings. The number of pyridine rings is 1. The van der Waals surface area contributed by atoms with Crippen molar-refractivity contribution in [3.8, 4) is 0 Å². The molecule has 35 heavy (non-hydrogen) atoms. The van der Waals surface area contributed by atoms with Crippen LogP contribution in [0.15, 0.2) is 30.9 Å². The van der Waals surface area contributed by atoms with Crippen molar-refractivity contribution in [2.45, 2.75) is 64.6 Å². The number of nitrogens with zero attached hydrogens (tertiary/aromatic N) is 3. The van der Waals surface area contributed by atoms with Gasteiger partial charge in [0.2, 0.25) is 11.8 Å². The van der Waals surface area contributed by atoms with Crippen LogP contribution in [0.2, 0.25) is 0 Å². The van der Waals surface area contributed by atoms with E-state index in [-0.39, 0.29) is 17.4 Å². The summed E-state index contributed by atoms with van der Waals surface area (Å²) in [4.78, 5) is 43.7. The molecule has 0 unspecified atom stereocenters. The Kier molecular flexibility index (Phi) is 7.81. The quantitative estimate of drug-likeness (QED) is 0.551. The van der Waals surface area contributed by atoms with Crippen molar-refractivity contribution in [2.75, 3.05) is 10.6 Å². The molecule has 2 N–H and O–H groups in total. The Balaban J connectivity index is 1.70. The summed E-state index contributed by atoms with van der Waals surface area (Å²) in [5, 5.41) is 16.0. The van der Waals surface area contributed by atoms with Crippen molar-refractivity contribution < 1.29 is 32.7 Å². The molecular weight excluding hydrogens is 467 g/mol. The topological polar surface area (TPSA) is 129 Å². The van der Waals surface area contributed by atoms with Gasteiger partial charge in [-0.15, -0.1) is 0 Å². The number of nitrogens with one attached hydrogen (secondary N) is 2. The number of aromatic nitrogens is 3. The zero-order chi connectivity index (χ0) is 25.8. The van der Waals surface area contributed by atoms with E-state index in [1.54, 1.807) is 0 Å². The molecule has 2 heterocycles. The van der Waals surface area contributed by atoms with E-state index in [1.807, 2.05) is 0 Å². The second-order valence-corrected chi connectivity index (χ2v) is 9.41. The molecule has 1 saturated carbocycles. The van der Waals surface area contributed by atoms with Crippen LogP contribution in [-0.4, -0.2) is 32.3 Å². The maximum atomic E-state index is 13.0. The second-order valence-electron chi connectivity index (χ2n) is 9.41. The summed E-state index contributed by atoms with van der Waals surface area (Å²) >= 11 is 0. The number of hydrogen-bond donors (Lipinski definition) is 2. The van der Waals surface area contributed by atoms with Gasteiger partial charge in [0.05, 0.1) is 18.2 Å². The van der Waals surface area contributed by atoms with Gasteiger partial charge in [0, 0.05) is 24.0 Å². The van der Waals surface area contributed by atoms with Gasteiger partial charge in [-0.05, 0) is 24.5 Å². The van der Waals surface area contributed by atoms with E-state index in [4.69, 9.17) is 0 Å². The zero-order valence-corrected chi connectivity index (χ0v) is 19.4. The summed E-state index contributed by atoms with van der Waals surface area (Å²) in [6, 6.07) is 2.01. The van der Waals surface area contributed by atoms with Crippen LogP contribution in [0.25, 0.3) is 0 Å². The first-order chi connectivity index (χ1) is 16.3. The first kappa shape index (κ1) is 26.2. The first-order valence-corrected chi connectivity index (χ1v) is 11.2. The molecule has 2 aromatic rings. The zero-order valence-electron chi connectivity index (χ0n) is 19.4. The number of hydrogen-bond acceptors (Lipinski definition) is 6. The van der Waals surface area contributed by atoms with E-state index in [9.17, 15) is 32.7 Å². The van der Waals surface area contributed by atoms with Gasteiger partial charge in [0.25, 0.3) is 0 Å². The number of carbonyl (C=O) groups is 3.